The molecule has 1 aromatic rings. The normalized spacial score (nSPS) is 20.5. The summed E-state index contributed by atoms with van der Waals surface area (Å²) < 4.78 is 0. The van der Waals surface area contributed by atoms with Gasteiger partial charge in [-0.1, -0.05) is 26.7 Å². The first-order valence-electron chi connectivity index (χ1n) is 10.2. The molecule has 0 radical (unpaired) electrons. The van der Waals surface area contributed by atoms with Crippen LogP contribution < -0.4 is 10.6 Å². The minimum atomic E-state index is 0. The summed E-state index contributed by atoms with van der Waals surface area (Å²) in [6.45, 7) is 6.81. The number of nitrogens with zero attached hydrogens (tertiary/aromatic N) is 3. The number of carbonyl (C=O) groups excluding carboxylic acids is 1. The summed E-state index contributed by atoms with van der Waals surface area (Å²) in [6, 6.07) is 0.277. The fourth-order valence-electron chi connectivity index (χ4n) is 3.94. The molecular weight excluding hydrogens is 485 g/mol. The van der Waals surface area contributed by atoms with E-state index in [-0.39, 0.29) is 35.9 Å². The molecule has 1 amide bonds. The van der Waals surface area contributed by atoms with Gasteiger partial charge in [0.2, 0.25) is 5.91 Å². The van der Waals surface area contributed by atoms with Crippen molar-refractivity contribution in [1.82, 2.24) is 20.5 Å². The zero-order valence-corrected chi connectivity index (χ0v) is 20.4. The van der Waals surface area contributed by atoms with E-state index in [0.717, 1.165) is 51.3 Å². The monoisotopic (exact) mass is 519 g/mol. The Balaban J connectivity index is 0.00000280. The van der Waals surface area contributed by atoms with Crippen LogP contribution in [-0.4, -0.2) is 47.9 Å². The third kappa shape index (κ3) is 6.57. The van der Waals surface area contributed by atoms with Crippen molar-refractivity contribution in [3.63, 3.8) is 0 Å². The van der Waals surface area contributed by atoms with Gasteiger partial charge in [0.1, 0.15) is 0 Å². The van der Waals surface area contributed by atoms with Crippen molar-refractivity contribution in [2.24, 2.45) is 16.8 Å². The minimum Gasteiger partial charge on any atom is -0.352 e. The van der Waals surface area contributed by atoms with Crippen LogP contribution in [-0.2, 0) is 17.8 Å². The maximum absolute atomic E-state index is 12.6. The molecule has 28 heavy (non-hydrogen) atoms. The molecule has 2 aliphatic rings. The Morgan fingerprint density at radius 1 is 1.36 bits per heavy atom. The van der Waals surface area contributed by atoms with Crippen LogP contribution in [0.25, 0.3) is 0 Å². The third-order valence-electron chi connectivity index (χ3n) is 5.38. The molecule has 8 heteroatoms. The van der Waals surface area contributed by atoms with E-state index in [1.807, 2.05) is 11.1 Å². The van der Waals surface area contributed by atoms with Crippen LogP contribution >= 0.6 is 35.3 Å². The summed E-state index contributed by atoms with van der Waals surface area (Å²) in [4.78, 5) is 24.7. The standard InChI is InChI=1S/C20H33N5OS.HI/c1-14(2)10-18-22-11-17(27-18)12-23-20(21-3)24-16-8-9-25(13-16)19(26)15-6-4-5-7-15;/h11,14-16H,4-10,12-13H2,1-3H3,(H2,21,23,24);1H. The molecule has 0 aromatic carbocycles. The number of aliphatic imine (C=N–C) groups is 1. The Morgan fingerprint density at radius 3 is 2.79 bits per heavy atom. The van der Waals surface area contributed by atoms with Crippen LogP contribution in [0, 0.1) is 11.8 Å². The van der Waals surface area contributed by atoms with E-state index in [1.54, 1.807) is 18.4 Å². The number of aromatic nitrogens is 1. The van der Waals surface area contributed by atoms with Gasteiger partial charge in [0.25, 0.3) is 0 Å². The van der Waals surface area contributed by atoms with E-state index in [2.05, 4.69) is 34.5 Å². The zero-order valence-electron chi connectivity index (χ0n) is 17.2. The first kappa shape index (κ1) is 23.4. The predicted octanol–water partition coefficient (Wildman–Crippen LogP) is 3.42. The van der Waals surface area contributed by atoms with Gasteiger partial charge in [0.05, 0.1) is 11.6 Å². The predicted molar refractivity (Wildman–Crippen MR) is 126 cm³/mol. The fraction of sp³-hybridized carbons (Fsp3) is 0.750. The number of guanidine groups is 1. The van der Waals surface area contributed by atoms with E-state index >= 15 is 0 Å². The molecule has 1 aromatic heterocycles. The Bertz CT molecular complexity index is 657. The Kier molecular flexibility index (Phi) is 9.46. The fourth-order valence-corrected chi connectivity index (χ4v) is 5.02. The summed E-state index contributed by atoms with van der Waals surface area (Å²) in [5, 5.41) is 8.06. The highest BCUT2D eigenvalue weighted by Crippen LogP contribution is 2.27. The highest BCUT2D eigenvalue weighted by Gasteiger charge is 2.32. The van der Waals surface area contributed by atoms with Crippen molar-refractivity contribution in [1.29, 1.82) is 0 Å². The lowest BCUT2D eigenvalue weighted by molar-refractivity contribution is -0.134. The van der Waals surface area contributed by atoms with E-state index in [9.17, 15) is 4.79 Å². The first-order chi connectivity index (χ1) is 13.0. The topological polar surface area (TPSA) is 69.6 Å². The Labute approximate surface area is 190 Å². The van der Waals surface area contributed by atoms with Crippen molar-refractivity contribution in [2.75, 3.05) is 20.1 Å². The first-order valence-corrected chi connectivity index (χ1v) is 11.1. The van der Waals surface area contributed by atoms with Gasteiger partial charge < -0.3 is 15.5 Å². The highest BCUT2D eigenvalue weighted by molar-refractivity contribution is 14.0. The summed E-state index contributed by atoms with van der Waals surface area (Å²) in [5.74, 6) is 2.06. The van der Waals surface area contributed by atoms with Crippen molar-refractivity contribution in [3.8, 4) is 0 Å². The molecule has 158 valence electrons. The van der Waals surface area contributed by atoms with Gasteiger partial charge in [-0.25, -0.2) is 4.98 Å². The Hall–Kier alpha value is -0.900. The van der Waals surface area contributed by atoms with Crippen LogP contribution in [0.15, 0.2) is 11.2 Å². The number of nitrogens with one attached hydrogen (secondary N) is 2. The lowest BCUT2D eigenvalue weighted by Gasteiger charge is -2.21. The summed E-state index contributed by atoms with van der Waals surface area (Å²) in [6.07, 6.45) is 8.54. The lowest BCUT2D eigenvalue weighted by Crippen LogP contribution is -2.45. The van der Waals surface area contributed by atoms with Gasteiger partial charge in [-0.2, -0.15) is 0 Å². The number of thiazole rings is 1. The van der Waals surface area contributed by atoms with E-state index in [1.165, 1.54) is 22.7 Å². The van der Waals surface area contributed by atoms with Crippen LogP contribution in [0.4, 0.5) is 0 Å². The number of amides is 1. The number of carbonyl (C=O) groups is 1. The summed E-state index contributed by atoms with van der Waals surface area (Å²) in [7, 11) is 1.79. The number of hydrogen-bond acceptors (Lipinski definition) is 4. The molecule has 1 aliphatic heterocycles. The van der Waals surface area contributed by atoms with Crippen LogP contribution in [0.2, 0.25) is 0 Å². The zero-order chi connectivity index (χ0) is 19.2. The van der Waals surface area contributed by atoms with Gasteiger partial charge in [-0.15, -0.1) is 35.3 Å². The molecule has 0 bridgehead atoms. The molecule has 2 heterocycles. The third-order valence-corrected chi connectivity index (χ3v) is 6.40. The SMILES string of the molecule is CN=C(NCc1cnc(CC(C)C)s1)NC1CCN(C(=O)C2CCCC2)C1.I. The molecule has 1 atom stereocenters. The van der Waals surface area contributed by atoms with Gasteiger partial charge in [-0.05, 0) is 25.2 Å². The van der Waals surface area contributed by atoms with Crippen molar-refractivity contribution in [3.05, 3.63) is 16.1 Å². The second kappa shape index (κ2) is 11.3. The number of likely N-dealkylation sites (tertiary alicyclic amines) is 1. The van der Waals surface area contributed by atoms with Gasteiger partial charge in [0.15, 0.2) is 5.96 Å². The van der Waals surface area contributed by atoms with Crippen LogP contribution in [0.5, 0.6) is 0 Å². The van der Waals surface area contributed by atoms with E-state index < -0.39 is 0 Å². The molecule has 2 N–H and O–H groups in total. The minimum absolute atomic E-state index is 0. The Morgan fingerprint density at radius 2 is 2.11 bits per heavy atom. The molecule has 1 saturated heterocycles. The molecular formula is C20H34IN5OS. The number of rotatable bonds is 6. The average molecular weight is 519 g/mol. The highest BCUT2D eigenvalue weighted by atomic mass is 127. The smallest absolute Gasteiger partial charge is 0.225 e. The van der Waals surface area contributed by atoms with Crippen LogP contribution in [0.1, 0.15) is 55.8 Å². The quantitative estimate of drug-likeness (QED) is 0.344. The van der Waals surface area contributed by atoms with Crippen molar-refractivity contribution in [2.45, 2.75) is 65.0 Å². The number of hydrogen-bond donors (Lipinski definition) is 2. The maximum Gasteiger partial charge on any atom is 0.225 e. The molecule has 1 aliphatic carbocycles. The van der Waals surface area contributed by atoms with Gasteiger partial charge >= 0.3 is 0 Å². The molecule has 6 nitrogen and oxygen atoms in total. The van der Waals surface area contributed by atoms with Gasteiger partial charge in [0, 0.05) is 49.6 Å². The second-order valence-electron chi connectivity index (χ2n) is 8.14. The molecule has 1 saturated carbocycles. The van der Waals surface area contributed by atoms with E-state index in [4.69, 9.17) is 0 Å². The molecule has 2 fully saturated rings. The van der Waals surface area contributed by atoms with Gasteiger partial charge in [-0.3, -0.25) is 9.79 Å². The second-order valence-corrected chi connectivity index (χ2v) is 9.34. The average Bonchev–Trinajstić information content (AvgIpc) is 3.39. The molecule has 3 rings (SSSR count). The molecule has 0 spiro atoms. The maximum atomic E-state index is 12.6. The van der Waals surface area contributed by atoms with Crippen molar-refractivity contribution < 1.29 is 4.79 Å². The van der Waals surface area contributed by atoms with Crippen molar-refractivity contribution >= 4 is 47.2 Å². The summed E-state index contributed by atoms with van der Waals surface area (Å²) >= 11 is 1.77. The molecule has 1 unspecified atom stereocenters. The lowest BCUT2D eigenvalue weighted by atomic mass is 10.1. The number of halogens is 1. The largest absolute Gasteiger partial charge is 0.352 e. The summed E-state index contributed by atoms with van der Waals surface area (Å²) in [5.41, 5.74) is 0. The van der Waals surface area contributed by atoms with Crippen LogP contribution in [0.3, 0.4) is 0 Å². The van der Waals surface area contributed by atoms with E-state index in [0.29, 0.717) is 11.8 Å².